The maximum Gasteiger partial charge on any atom is 0.328 e. The molecule has 27 heavy (non-hydrogen) atoms. The van der Waals surface area contributed by atoms with Gasteiger partial charge in [0.1, 0.15) is 10.6 Å². The van der Waals surface area contributed by atoms with Crippen molar-refractivity contribution in [3.05, 3.63) is 61.9 Å². The third-order valence-corrected chi connectivity index (χ3v) is 4.40. The highest BCUT2D eigenvalue weighted by Gasteiger charge is 2.28. The number of imide groups is 2. The molecule has 0 aliphatic carbocycles. The molecule has 0 radical (unpaired) electrons. The van der Waals surface area contributed by atoms with Gasteiger partial charge in [0.2, 0.25) is 0 Å². The molecule has 1 aliphatic heterocycles. The number of amides is 4. The SMILES string of the molecule is Cc1cc(C=C2C(=O)NC(=O)NC2=O)c(C)n1-c1ccc([N+](=O)[O-])c(Cl)c1. The van der Waals surface area contributed by atoms with Crippen LogP contribution in [0.3, 0.4) is 0 Å². The van der Waals surface area contributed by atoms with E-state index in [0.717, 1.165) is 5.69 Å². The minimum absolute atomic E-state index is 0.00514. The Morgan fingerprint density at radius 1 is 1.11 bits per heavy atom. The molecule has 1 saturated heterocycles. The molecule has 3 rings (SSSR count). The number of nitro groups is 1. The molecule has 1 aromatic heterocycles. The van der Waals surface area contributed by atoms with Crippen molar-refractivity contribution in [2.24, 2.45) is 0 Å². The molecule has 10 heteroatoms. The van der Waals surface area contributed by atoms with Crippen LogP contribution < -0.4 is 10.6 Å². The van der Waals surface area contributed by atoms with E-state index in [4.69, 9.17) is 11.6 Å². The number of carbonyl (C=O) groups excluding carboxylic acids is 3. The molecule has 0 atom stereocenters. The first-order valence-corrected chi connectivity index (χ1v) is 8.08. The van der Waals surface area contributed by atoms with Gasteiger partial charge in [-0.25, -0.2) is 4.79 Å². The van der Waals surface area contributed by atoms with Gasteiger partial charge >= 0.3 is 6.03 Å². The number of aromatic nitrogens is 1. The van der Waals surface area contributed by atoms with Crippen LogP contribution in [0.2, 0.25) is 5.02 Å². The topological polar surface area (TPSA) is 123 Å². The molecular formula is C17H13ClN4O5. The summed E-state index contributed by atoms with van der Waals surface area (Å²) in [4.78, 5) is 45.3. The number of barbiturate groups is 1. The zero-order valence-corrected chi connectivity index (χ0v) is 15.0. The van der Waals surface area contributed by atoms with Gasteiger partial charge in [0, 0.05) is 23.1 Å². The van der Waals surface area contributed by atoms with Gasteiger partial charge in [0.15, 0.2) is 0 Å². The van der Waals surface area contributed by atoms with Crippen LogP contribution in [0.25, 0.3) is 11.8 Å². The van der Waals surface area contributed by atoms with Gasteiger partial charge < -0.3 is 4.57 Å². The number of rotatable bonds is 3. The van der Waals surface area contributed by atoms with E-state index >= 15 is 0 Å². The Balaban J connectivity index is 2.06. The highest BCUT2D eigenvalue weighted by atomic mass is 35.5. The van der Waals surface area contributed by atoms with Crippen LogP contribution in [-0.4, -0.2) is 27.3 Å². The Labute approximate surface area is 157 Å². The molecule has 1 aromatic carbocycles. The lowest BCUT2D eigenvalue weighted by Gasteiger charge is -2.14. The highest BCUT2D eigenvalue weighted by Crippen LogP contribution is 2.29. The molecule has 9 nitrogen and oxygen atoms in total. The predicted octanol–water partition coefficient (Wildman–Crippen LogP) is 2.41. The number of nitrogens with one attached hydrogen (secondary N) is 2. The van der Waals surface area contributed by atoms with Crippen molar-refractivity contribution in [2.75, 3.05) is 0 Å². The number of urea groups is 1. The number of benzene rings is 1. The van der Waals surface area contributed by atoms with Crippen molar-refractivity contribution in [1.82, 2.24) is 15.2 Å². The van der Waals surface area contributed by atoms with E-state index < -0.39 is 22.8 Å². The normalized spacial score (nSPS) is 14.0. The third kappa shape index (κ3) is 3.32. The molecule has 138 valence electrons. The van der Waals surface area contributed by atoms with E-state index in [1.165, 1.54) is 18.2 Å². The Kier molecular flexibility index (Phi) is 4.54. The minimum Gasteiger partial charge on any atom is -0.318 e. The van der Waals surface area contributed by atoms with Crippen LogP contribution in [0, 0.1) is 24.0 Å². The summed E-state index contributed by atoms with van der Waals surface area (Å²) in [5.74, 6) is -1.57. The summed E-state index contributed by atoms with van der Waals surface area (Å²) in [5, 5.41) is 14.9. The van der Waals surface area contributed by atoms with E-state index in [2.05, 4.69) is 0 Å². The molecule has 4 amide bonds. The number of nitrogens with zero attached hydrogens (tertiary/aromatic N) is 2. The lowest BCUT2D eigenvalue weighted by molar-refractivity contribution is -0.384. The van der Waals surface area contributed by atoms with Gasteiger partial charge in [0.05, 0.1) is 4.92 Å². The van der Waals surface area contributed by atoms with Gasteiger partial charge in [-0.1, -0.05) is 11.6 Å². The molecule has 0 saturated carbocycles. The zero-order valence-electron chi connectivity index (χ0n) is 14.2. The monoisotopic (exact) mass is 388 g/mol. The number of hydrogen-bond acceptors (Lipinski definition) is 5. The average molecular weight is 389 g/mol. The van der Waals surface area contributed by atoms with E-state index in [0.29, 0.717) is 16.9 Å². The standard InChI is InChI=1S/C17H13ClN4O5/c1-8-5-10(6-12-15(23)19-17(25)20-16(12)24)9(2)21(8)11-3-4-14(22(26)27)13(18)7-11/h3-7H,1-2H3,(H2,19,20,23,24,25). The number of nitro benzene ring substituents is 1. The smallest absolute Gasteiger partial charge is 0.318 e. The largest absolute Gasteiger partial charge is 0.328 e. The van der Waals surface area contributed by atoms with Gasteiger partial charge in [-0.05, 0) is 43.7 Å². The van der Waals surface area contributed by atoms with E-state index in [1.807, 2.05) is 10.6 Å². The maximum atomic E-state index is 11.9. The summed E-state index contributed by atoms with van der Waals surface area (Å²) in [6.07, 6.45) is 1.38. The summed E-state index contributed by atoms with van der Waals surface area (Å²) in [5.41, 5.74) is 2.22. The molecule has 0 unspecified atom stereocenters. The number of aryl methyl sites for hydroxylation is 1. The van der Waals surface area contributed by atoms with Crippen LogP contribution in [0.15, 0.2) is 29.8 Å². The second kappa shape index (κ2) is 6.69. The molecule has 0 spiro atoms. The first-order chi connectivity index (χ1) is 12.7. The second-order valence-corrected chi connectivity index (χ2v) is 6.26. The number of hydrogen-bond donors (Lipinski definition) is 2. The first kappa shape index (κ1) is 18.3. The Bertz CT molecular complexity index is 1030. The lowest BCUT2D eigenvalue weighted by atomic mass is 10.1. The summed E-state index contributed by atoms with van der Waals surface area (Å²) < 4.78 is 1.78. The summed E-state index contributed by atoms with van der Waals surface area (Å²) in [7, 11) is 0. The number of carbonyl (C=O) groups is 3. The quantitative estimate of drug-likeness (QED) is 0.361. The van der Waals surface area contributed by atoms with Crippen LogP contribution >= 0.6 is 11.6 Å². The highest BCUT2D eigenvalue weighted by molar-refractivity contribution is 6.33. The summed E-state index contributed by atoms with van der Waals surface area (Å²) >= 11 is 5.99. The van der Waals surface area contributed by atoms with Crippen LogP contribution in [0.1, 0.15) is 17.0 Å². The molecule has 2 N–H and O–H groups in total. The fraction of sp³-hybridized carbons (Fsp3) is 0.118. The minimum atomic E-state index is -0.867. The van der Waals surface area contributed by atoms with E-state index in [-0.39, 0.29) is 16.3 Å². The van der Waals surface area contributed by atoms with Crippen molar-refractivity contribution in [3.8, 4) is 5.69 Å². The van der Waals surface area contributed by atoms with Crippen molar-refractivity contribution in [1.29, 1.82) is 0 Å². The number of halogens is 1. The van der Waals surface area contributed by atoms with Gasteiger partial charge in [-0.3, -0.25) is 30.3 Å². The van der Waals surface area contributed by atoms with Gasteiger partial charge in [0.25, 0.3) is 17.5 Å². The van der Waals surface area contributed by atoms with Crippen molar-refractivity contribution >= 4 is 41.2 Å². The molecule has 2 heterocycles. The molecule has 1 fully saturated rings. The fourth-order valence-electron chi connectivity index (χ4n) is 2.88. The molecule has 2 aromatic rings. The predicted molar refractivity (Wildman–Crippen MR) is 96.6 cm³/mol. The van der Waals surface area contributed by atoms with Crippen LogP contribution in [0.4, 0.5) is 10.5 Å². The van der Waals surface area contributed by atoms with Gasteiger partial charge in [-0.2, -0.15) is 0 Å². The summed E-state index contributed by atoms with van der Waals surface area (Å²) in [6, 6.07) is 5.21. The van der Waals surface area contributed by atoms with Crippen LogP contribution in [0.5, 0.6) is 0 Å². The Morgan fingerprint density at radius 2 is 1.74 bits per heavy atom. The van der Waals surface area contributed by atoms with Crippen molar-refractivity contribution in [3.63, 3.8) is 0 Å². The zero-order chi connectivity index (χ0) is 19.9. The first-order valence-electron chi connectivity index (χ1n) is 7.70. The maximum absolute atomic E-state index is 11.9. The summed E-state index contributed by atoms with van der Waals surface area (Å²) in [6.45, 7) is 3.56. The van der Waals surface area contributed by atoms with Crippen LogP contribution in [-0.2, 0) is 9.59 Å². The Hall–Kier alpha value is -3.46. The molecule has 1 aliphatic rings. The van der Waals surface area contributed by atoms with Crippen molar-refractivity contribution in [2.45, 2.75) is 13.8 Å². The average Bonchev–Trinajstić information content (AvgIpc) is 2.84. The van der Waals surface area contributed by atoms with Crippen molar-refractivity contribution < 1.29 is 19.3 Å². The van der Waals surface area contributed by atoms with Gasteiger partial charge in [-0.15, -0.1) is 0 Å². The Morgan fingerprint density at radius 3 is 2.30 bits per heavy atom. The third-order valence-electron chi connectivity index (χ3n) is 4.10. The second-order valence-electron chi connectivity index (χ2n) is 5.85. The van der Waals surface area contributed by atoms with E-state index in [9.17, 15) is 24.5 Å². The van der Waals surface area contributed by atoms with E-state index in [1.54, 1.807) is 30.5 Å². The lowest BCUT2D eigenvalue weighted by Crippen LogP contribution is -2.51. The fourth-order valence-corrected chi connectivity index (χ4v) is 3.12. The molecular weight excluding hydrogens is 376 g/mol. The molecule has 0 bridgehead atoms.